The first kappa shape index (κ1) is 21.7. The molecule has 0 aliphatic carbocycles. The van der Waals surface area contributed by atoms with Crippen molar-refractivity contribution in [1.82, 2.24) is 30.0 Å². The number of thiazole rings is 1. The summed E-state index contributed by atoms with van der Waals surface area (Å²) >= 11 is 1.51. The van der Waals surface area contributed by atoms with Gasteiger partial charge in [-0.2, -0.15) is 5.10 Å². The minimum absolute atomic E-state index is 0.0176. The molecule has 5 rings (SSSR count). The van der Waals surface area contributed by atoms with Gasteiger partial charge in [0.2, 0.25) is 0 Å². The second-order valence-electron chi connectivity index (χ2n) is 8.94. The van der Waals surface area contributed by atoms with Crippen LogP contribution < -0.4 is 0 Å². The van der Waals surface area contributed by atoms with Crippen LogP contribution in [-0.2, 0) is 0 Å². The molecule has 1 aliphatic rings. The van der Waals surface area contributed by atoms with Crippen LogP contribution in [0.1, 0.15) is 35.5 Å². The Kier molecular flexibility index (Phi) is 5.72. The van der Waals surface area contributed by atoms with E-state index < -0.39 is 0 Å². The lowest BCUT2D eigenvalue weighted by Gasteiger charge is -2.36. The fraction of sp³-hybridized carbons (Fsp3) is 0.360. The molecule has 1 saturated heterocycles. The molecule has 0 radical (unpaired) electrons. The van der Waals surface area contributed by atoms with Crippen molar-refractivity contribution in [3.8, 4) is 21.1 Å². The van der Waals surface area contributed by atoms with E-state index in [1.807, 2.05) is 17.0 Å². The van der Waals surface area contributed by atoms with E-state index in [2.05, 4.69) is 59.9 Å². The molecule has 0 saturated carbocycles. The number of aryl methyl sites for hydroxylation is 2. The van der Waals surface area contributed by atoms with Crippen molar-refractivity contribution in [3.63, 3.8) is 0 Å². The standard InChI is InChI=1S/C25H28N6OS/c1-15(2)30-8-10-31(11-9-30)25(32)22-23(18-6-5-7-26-14-18)33-24(27-22)21-19-13-16(3)12-17(4)20(19)28-29-21/h5-7,12-15H,8-11H2,1-4H3,(H,28,29). The minimum atomic E-state index is -0.0176. The molecule has 33 heavy (non-hydrogen) atoms. The molecule has 0 bridgehead atoms. The Morgan fingerprint density at radius 1 is 1.15 bits per heavy atom. The van der Waals surface area contributed by atoms with Crippen LogP contribution in [0.5, 0.6) is 0 Å². The van der Waals surface area contributed by atoms with E-state index in [0.29, 0.717) is 24.8 Å². The van der Waals surface area contributed by atoms with E-state index >= 15 is 0 Å². The molecule has 4 heterocycles. The maximum atomic E-state index is 13.6. The zero-order chi connectivity index (χ0) is 23.1. The van der Waals surface area contributed by atoms with Crippen molar-refractivity contribution in [2.24, 2.45) is 0 Å². The molecule has 0 atom stereocenters. The Bertz CT molecular complexity index is 1300. The summed E-state index contributed by atoms with van der Waals surface area (Å²) < 4.78 is 0. The average molecular weight is 461 g/mol. The van der Waals surface area contributed by atoms with Gasteiger partial charge in [-0.15, -0.1) is 11.3 Å². The molecule has 1 fully saturated rings. The molecule has 8 heteroatoms. The number of rotatable bonds is 4. The van der Waals surface area contributed by atoms with Crippen LogP contribution in [0.15, 0.2) is 36.7 Å². The van der Waals surface area contributed by atoms with Gasteiger partial charge < -0.3 is 4.90 Å². The van der Waals surface area contributed by atoms with E-state index in [1.165, 1.54) is 16.9 Å². The highest BCUT2D eigenvalue weighted by Gasteiger charge is 2.29. The Morgan fingerprint density at radius 3 is 2.64 bits per heavy atom. The lowest BCUT2D eigenvalue weighted by molar-refractivity contribution is 0.0591. The number of pyridine rings is 1. The summed E-state index contributed by atoms with van der Waals surface area (Å²) in [6.07, 6.45) is 3.54. The van der Waals surface area contributed by atoms with Crippen molar-refractivity contribution >= 4 is 28.1 Å². The van der Waals surface area contributed by atoms with E-state index in [-0.39, 0.29) is 5.91 Å². The van der Waals surface area contributed by atoms with Gasteiger partial charge in [0.1, 0.15) is 16.4 Å². The number of aromatic amines is 1. The van der Waals surface area contributed by atoms with Gasteiger partial charge in [0.25, 0.3) is 5.91 Å². The van der Waals surface area contributed by atoms with E-state index in [0.717, 1.165) is 50.7 Å². The number of fused-ring (bicyclic) bond motifs is 1. The van der Waals surface area contributed by atoms with Gasteiger partial charge >= 0.3 is 0 Å². The van der Waals surface area contributed by atoms with Gasteiger partial charge in [-0.1, -0.05) is 17.7 Å². The van der Waals surface area contributed by atoms with Crippen molar-refractivity contribution in [3.05, 3.63) is 53.5 Å². The molecule has 0 unspecified atom stereocenters. The van der Waals surface area contributed by atoms with Crippen LogP contribution in [0, 0.1) is 13.8 Å². The number of H-pyrrole nitrogens is 1. The van der Waals surface area contributed by atoms with Crippen molar-refractivity contribution in [2.45, 2.75) is 33.7 Å². The summed E-state index contributed by atoms with van der Waals surface area (Å²) in [5.74, 6) is -0.0176. The third-order valence-electron chi connectivity index (χ3n) is 6.29. The van der Waals surface area contributed by atoms with Crippen LogP contribution in [0.2, 0.25) is 0 Å². The fourth-order valence-corrected chi connectivity index (χ4v) is 5.55. The third-order valence-corrected chi connectivity index (χ3v) is 7.41. The molecule has 170 valence electrons. The number of aromatic nitrogens is 4. The number of nitrogens with one attached hydrogen (secondary N) is 1. The molecule has 1 aliphatic heterocycles. The summed E-state index contributed by atoms with van der Waals surface area (Å²) in [6, 6.07) is 8.61. The number of hydrogen-bond donors (Lipinski definition) is 1. The van der Waals surface area contributed by atoms with Gasteiger partial charge in [-0.3, -0.25) is 19.8 Å². The second-order valence-corrected chi connectivity index (χ2v) is 9.94. The molecular formula is C25H28N6OS. The Balaban J connectivity index is 1.57. The van der Waals surface area contributed by atoms with Crippen LogP contribution in [-0.4, -0.2) is 68.1 Å². The number of carbonyl (C=O) groups excluding carboxylic acids is 1. The Hall–Kier alpha value is -3.10. The van der Waals surface area contributed by atoms with Crippen LogP contribution in [0.25, 0.3) is 32.0 Å². The molecule has 3 aromatic heterocycles. The topological polar surface area (TPSA) is 78.0 Å². The van der Waals surface area contributed by atoms with Crippen LogP contribution in [0.3, 0.4) is 0 Å². The highest BCUT2D eigenvalue weighted by Crippen LogP contribution is 2.38. The normalized spacial score (nSPS) is 15.0. The predicted octanol–water partition coefficient (Wildman–Crippen LogP) is 4.53. The lowest BCUT2D eigenvalue weighted by atomic mass is 10.1. The molecule has 1 aromatic carbocycles. The summed E-state index contributed by atoms with van der Waals surface area (Å²) in [5.41, 5.74) is 5.48. The number of hydrogen-bond acceptors (Lipinski definition) is 6. The first-order valence-electron chi connectivity index (χ1n) is 11.3. The minimum Gasteiger partial charge on any atom is -0.335 e. The van der Waals surface area contributed by atoms with E-state index in [9.17, 15) is 4.79 Å². The number of nitrogens with zero attached hydrogens (tertiary/aromatic N) is 5. The lowest BCUT2D eigenvalue weighted by Crippen LogP contribution is -2.50. The summed E-state index contributed by atoms with van der Waals surface area (Å²) in [7, 11) is 0. The highest BCUT2D eigenvalue weighted by atomic mass is 32.1. The third kappa shape index (κ3) is 4.05. The van der Waals surface area contributed by atoms with Crippen molar-refractivity contribution in [1.29, 1.82) is 0 Å². The number of benzene rings is 1. The SMILES string of the molecule is Cc1cc(C)c2n[nH]c(-c3nc(C(=O)N4CCN(C(C)C)CC4)c(-c4cccnc4)s3)c2c1. The highest BCUT2D eigenvalue weighted by molar-refractivity contribution is 7.18. The van der Waals surface area contributed by atoms with Crippen molar-refractivity contribution < 1.29 is 4.79 Å². The Morgan fingerprint density at radius 2 is 1.94 bits per heavy atom. The second kappa shape index (κ2) is 8.68. The molecule has 1 amide bonds. The smallest absolute Gasteiger partial charge is 0.274 e. The maximum Gasteiger partial charge on any atom is 0.274 e. The fourth-order valence-electron chi connectivity index (χ4n) is 4.49. The Labute approximate surface area is 197 Å². The van der Waals surface area contributed by atoms with Gasteiger partial charge in [0, 0.05) is 55.6 Å². The van der Waals surface area contributed by atoms with E-state index in [4.69, 9.17) is 4.98 Å². The predicted molar refractivity (Wildman–Crippen MR) is 133 cm³/mol. The zero-order valence-electron chi connectivity index (χ0n) is 19.4. The average Bonchev–Trinajstić information content (AvgIpc) is 3.44. The summed E-state index contributed by atoms with van der Waals surface area (Å²) in [6.45, 7) is 11.7. The first-order valence-corrected chi connectivity index (χ1v) is 12.1. The largest absolute Gasteiger partial charge is 0.335 e. The van der Waals surface area contributed by atoms with Gasteiger partial charge in [-0.25, -0.2) is 4.98 Å². The quantitative estimate of drug-likeness (QED) is 0.484. The van der Waals surface area contributed by atoms with Gasteiger partial charge in [-0.05, 0) is 45.4 Å². The van der Waals surface area contributed by atoms with Gasteiger partial charge in [0.15, 0.2) is 0 Å². The molecule has 1 N–H and O–H groups in total. The molecule has 0 spiro atoms. The molecule has 4 aromatic rings. The van der Waals surface area contributed by atoms with E-state index in [1.54, 1.807) is 12.4 Å². The van der Waals surface area contributed by atoms with Crippen LogP contribution >= 0.6 is 11.3 Å². The van der Waals surface area contributed by atoms with Crippen molar-refractivity contribution in [2.75, 3.05) is 26.2 Å². The maximum absolute atomic E-state index is 13.6. The zero-order valence-corrected chi connectivity index (χ0v) is 20.2. The van der Waals surface area contributed by atoms with Crippen LogP contribution in [0.4, 0.5) is 0 Å². The number of carbonyl (C=O) groups is 1. The monoisotopic (exact) mass is 460 g/mol. The number of amides is 1. The summed E-state index contributed by atoms with van der Waals surface area (Å²) in [4.78, 5) is 28.0. The molecular weight excluding hydrogens is 432 g/mol. The molecule has 7 nitrogen and oxygen atoms in total. The number of piperazine rings is 1. The summed E-state index contributed by atoms with van der Waals surface area (Å²) in [5, 5.41) is 9.51. The first-order chi connectivity index (χ1) is 15.9. The van der Waals surface area contributed by atoms with Gasteiger partial charge in [0.05, 0.1) is 10.4 Å².